The van der Waals surface area contributed by atoms with Gasteiger partial charge in [-0.3, -0.25) is 4.79 Å². The minimum atomic E-state index is -3.72. The Morgan fingerprint density at radius 1 is 1.00 bits per heavy atom. The van der Waals surface area contributed by atoms with Crippen molar-refractivity contribution < 1.29 is 31.5 Å². The number of ether oxygens (including phenoxy) is 1. The second-order valence-electron chi connectivity index (χ2n) is 7.58. The van der Waals surface area contributed by atoms with Crippen LogP contribution in [0, 0.1) is 18.6 Å². The first-order valence-corrected chi connectivity index (χ1v) is 11.6. The van der Waals surface area contributed by atoms with Crippen LogP contribution in [0.5, 0.6) is 0 Å². The van der Waals surface area contributed by atoms with E-state index in [0.29, 0.717) is 24.7 Å². The fourth-order valence-electron chi connectivity index (χ4n) is 3.46. The summed E-state index contributed by atoms with van der Waals surface area (Å²) in [5, 5.41) is 2.48. The van der Waals surface area contributed by atoms with E-state index >= 15 is 0 Å². The monoisotopic (exact) mass is 466 g/mol. The molecule has 1 fully saturated rings. The molecule has 10 heteroatoms. The Morgan fingerprint density at radius 2 is 1.62 bits per heavy atom. The standard InChI is InChI=1S/C22H24F2N2O5S/c1-15-6-7-19(13-20(15)32(29,30)26-8-4-2-3-5-9-26)25-21(27)14-31-22(28)16-10-17(23)12-18(24)11-16/h6-7,10-13H,2-5,8-9,14H2,1H3,(H,25,27). The molecule has 7 nitrogen and oxygen atoms in total. The number of hydrogen-bond donors (Lipinski definition) is 1. The van der Waals surface area contributed by atoms with Crippen LogP contribution < -0.4 is 5.32 Å². The van der Waals surface area contributed by atoms with E-state index < -0.39 is 40.1 Å². The fourth-order valence-corrected chi connectivity index (χ4v) is 5.23. The number of aryl methyl sites for hydroxylation is 1. The molecule has 0 radical (unpaired) electrons. The molecule has 32 heavy (non-hydrogen) atoms. The number of halogens is 2. The molecule has 1 aliphatic rings. The maximum absolute atomic E-state index is 13.2. The minimum absolute atomic E-state index is 0.101. The van der Waals surface area contributed by atoms with Crippen LogP contribution >= 0.6 is 0 Å². The van der Waals surface area contributed by atoms with Crippen molar-refractivity contribution in [1.82, 2.24) is 4.31 Å². The average molecular weight is 467 g/mol. The summed E-state index contributed by atoms with van der Waals surface area (Å²) in [6, 6.07) is 6.70. The molecule has 0 unspecified atom stereocenters. The highest BCUT2D eigenvalue weighted by Crippen LogP contribution is 2.26. The van der Waals surface area contributed by atoms with E-state index in [1.54, 1.807) is 19.1 Å². The molecule has 0 atom stereocenters. The lowest BCUT2D eigenvalue weighted by molar-refractivity contribution is -0.119. The zero-order valence-electron chi connectivity index (χ0n) is 17.6. The van der Waals surface area contributed by atoms with Gasteiger partial charge in [0, 0.05) is 24.8 Å². The largest absolute Gasteiger partial charge is 0.452 e. The summed E-state index contributed by atoms with van der Waals surface area (Å²) in [6.07, 6.45) is 3.58. The van der Waals surface area contributed by atoms with Gasteiger partial charge in [-0.15, -0.1) is 0 Å². The van der Waals surface area contributed by atoms with Crippen LogP contribution in [0.15, 0.2) is 41.3 Å². The molecule has 0 saturated carbocycles. The Kier molecular flexibility index (Phi) is 7.57. The maximum Gasteiger partial charge on any atom is 0.338 e. The third kappa shape index (κ3) is 5.89. The Hall–Kier alpha value is -2.85. The Morgan fingerprint density at radius 3 is 2.25 bits per heavy atom. The first kappa shape index (κ1) is 23.8. The molecule has 1 saturated heterocycles. The van der Waals surface area contributed by atoms with E-state index in [-0.39, 0.29) is 16.1 Å². The van der Waals surface area contributed by atoms with Gasteiger partial charge in [0.05, 0.1) is 10.5 Å². The zero-order valence-corrected chi connectivity index (χ0v) is 18.4. The van der Waals surface area contributed by atoms with Gasteiger partial charge in [-0.25, -0.2) is 22.0 Å². The second kappa shape index (κ2) is 10.2. The van der Waals surface area contributed by atoms with Crippen LogP contribution in [-0.4, -0.2) is 44.3 Å². The van der Waals surface area contributed by atoms with E-state index in [9.17, 15) is 26.8 Å². The molecule has 0 aliphatic carbocycles. The van der Waals surface area contributed by atoms with Crippen molar-refractivity contribution in [2.75, 3.05) is 25.0 Å². The summed E-state index contributed by atoms with van der Waals surface area (Å²) >= 11 is 0. The normalized spacial score (nSPS) is 15.1. The predicted molar refractivity (Wildman–Crippen MR) is 114 cm³/mol. The molecule has 1 N–H and O–H groups in total. The van der Waals surface area contributed by atoms with Gasteiger partial charge >= 0.3 is 5.97 Å². The molecule has 1 amide bonds. The predicted octanol–water partition coefficient (Wildman–Crippen LogP) is 3.63. The second-order valence-corrected chi connectivity index (χ2v) is 9.49. The molecule has 3 rings (SSSR count). The van der Waals surface area contributed by atoms with Crippen molar-refractivity contribution in [3.05, 3.63) is 59.2 Å². The first-order chi connectivity index (χ1) is 15.2. The van der Waals surface area contributed by atoms with Crippen molar-refractivity contribution >= 4 is 27.6 Å². The third-order valence-electron chi connectivity index (χ3n) is 5.09. The smallest absolute Gasteiger partial charge is 0.338 e. The minimum Gasteiger partial charge on any atom is -0.452 e. The van der Waals surface area contributed by atoms with Crippen molar-refractivity contribution in [2.24, 2.45) is 0 Å². The molecule has 2 aromatic rings. The molecule has 2 aromatic carbocycles. The number of sulfonamides is 1. The molecule has 1 aliphatic heterocycles. The molecule has 172 valence electrons. The van der Waals surface area contributed by atoms with Crippen LogP contribution in [0.2, 0.25) is 0 Å². The molecule has 0 bridgehead atoms. The van der Waals surface area contributed by atoms with E-state index in [1.165, 1.54) is 10.4 Å². The number of anilines is 1. The van der Waals surface area contributed by atoms with Crippen molar-refractivity contribution in [2.45, 2.75) is 37.5 Å². The van der Waals surface area contributed by atoms with Crippen LogP contribution in [0.25, 0.3) is 0 Å². The van der Waals surface area contributed by atoms with Crippen molar-refractivity contribution in [3.8, 4) is 0 Å². The number of benzene rings is 2. The van der Waals surface area contributed by atoms with E-state index in [0.717, 1.165) is 37.8 Å². The molecule has 0 spiro atoms. The molecule has 0 aromatic heterocycles. The van der Waals surface area contributed by atoms with Crippen molar-refractivity contribution in [3.63, 3.8) is 0 Å². The lowest BCUT2D eigenvalue weighted by Crippen LogP contribution is -2.32. The molecular weight excluding hydrogens is 442 g/mol. The quantitative estimate of drug-likeness (QED) is 0.657. The first-order valence-electron chi connectivity index (χ1n) is 10.2. The topological polar surface area (TPSA) is 92.8 Å². The summed E-state index contributed by atoms with van der Waals surface area (Å²) in [6.45, 7) is 1.87. The summed E-state index contributed by atoms with van der Waals surface area (Å²) in [5.41, 5.74) is 0.408. The van der Waals surface area contributed by atoms with E-state index in [4.69, 9.17) is 4.74 Å². The van der Waals surface area contributed by atoms with Gasteiger partial charge in [-0.1, -0.05) is 18.9 Å². The number of nitrogens with zero attached hydrogens (tertiary/aromatic N) is 1. The van der Waals surface area contributed by atoms with E-state index in [2.05, 4.69) is 5.32 Å². The zero-order chi connectivity index (χ0) is 23.3. The summed E-state index contributed by atoms with van der Waals surface area (Å²) < 4.78 is 58.9. The Bertz CT molecular complexity index is 1090. The summed E-state index contributed by atoms with van der Waals surface area (Å²) in [7, 11) is -3.72. The van der Waals surface area contributed by atoms with Crippen LogP contribution in [0.4, 0.5) is 14.5 Å². The summed E-state index contributed by atoms with van der Waals surface area (Å²) in [5.74, 6) is -3.68. The van der Waals surface area contributed by atoms with Gasteiger partial charge in [-0.05, 0) is 49.6 Å². The van der Waals surface area contributed by atoms with Gasteiger partial charge in [0.1, 0.15) is 11.6 Å². The number of carbonyl (C=O) groups is 2. The number of rotatable bonds is 6. The van der Waals surface area contributed by atoms with Gasteiger partial charge in [0.15, 0.2) is 6.61 Å². The van der Waals surface area contributed by atoms with Crippen LogP contribution in [-0.2, 0) is 19.6 Å². The lowest BCUT2D eigenvalue weighted by Gasteiger charge is -2.21. The van der Waals surface area contributed by atoms with Crippen LogP contribution in [0.3, 0.4) is 0 Å². The fraction of sp³-hybridized carbons (Fsp3) is 0.364. The average Bonchev–Trinajstić information content (AvgIpc) is 3.03. The molecular formula is C22H24F2N2O5S. The maximum atomic E-state index is 13.2. The summed E-state index contributed by atoms with van der Waals surface area (Å²) in [4.78, 5) is 24.2. The highest BCUT2D eigenvalue weighted by Gasteiger charge is 2.27. The SMILES string of the molecule is Cc1ccc(NC(=O)COC(=O)c2cc(F)cc(F)c2)cc1S(=O)(=O)N1CCCCCC1. The van der Waals surface area contributed by atoms with Gasteiger partial charge in [0.2, 0.25) is 10.0 Å². The van der Waals surface area contributed by atoms with Crippen molar-refractivity contribution in [1.29, 1.82) is 0 Å². The van der Waals surface area contributed by atoms with E-state index in [1.807, 2.05) is 0 Å². The molecule has 1 heterocycles. The highest BCUT2D eigenvalue weighted by molar-refractivity contribution is 7.89. The number of nitrogens with one attached hydrogen (secondary N) is 1. The van der Waals surface area contributed by atoms with Crippen LogP contribution in [0.1, 0.15) is 41.6 Å². The Labute approximate surface area is 185 Å². The van der Waals surface area contributed by atoms with Gasteiger partial charge in [0.25, 0.3) is 5.91 Å². The van der Waals surface area contributed by atoms with Gasteiger partial charge in [-0.2, -0.15) is 4.31 Å². The number of amides is 1. The number of hydrogen-bond acceptors (Lipinski definition) is 5. The number of carbonyl (C=O) groups excluding carboxylic acids is 2. The highest BCUT2D eigenvalue weighted by atomic mass is 32.2. The lowest BCUT2D eigenvalue weighted by atomic mass is 10.2. The van der Waals surface area contributed by atoms with Gasteiger partial charge < -0.3 is 10.1 Å². The number of esters is 1. The third-order valence-corrected chi connectivity index (χ3v) is 7.13. The Balaban J connectivity index is 1.67.